The van der Waals surface area contributed by atoms with E-state index in [1.54, 1.807) is 18.9 Å². The normalized spacial score (nSPS) is 20.1. The van der Waals surface area contributed by atoms with Gasteiger partial charge in [0.25, 0.3) is 5.91 Å². The van der Waals surface area contributed by atoms with Crippen molar-refractivity contribution in [2.45, 2.75) is 19.4 Å². The van der Waals surface area contributed by atoms with Gasteiger partial charge in [-0.15, -0.1) is 0 Å². The quantitative estimate of drug-likeness (QED) is 0.815. The highest BCUT2D eigenvalue weighted by molar-refractivity contribution is 5.95. The maximum absolute atomic E-state index is 12.3. The van der Waals surface area contributed by atoms with Gasteiger partial charge in [0.15, 0.2) is 11.4 Å². The second-order valence-corrected chi connectivity index (χ2v) is 4.78. The summed E-state index contributed by atoms with van der Waals surface area (Å²) >= 11 is 0. The molecular weight excluding hydrogens is 232 g/mol. The number of aryl methyl sites for hydroxylation is 1. The fraction of sp³-hybridized carbons (Fsp3) is 0.583. The number of aromatic nitrogens is 2. The SMILES string of the molecule is Cc1ncnc(C(=O)N(C)C2CCN(C)C2)c1O. The van der Waals surface area contributed by atoms with Crippen molar-refractivity contribution >= 4 is 5.91 Å². The number of carbonyl (C=O) groups excluding carboxylic acids is 1. The Hall–Kier alpha value is -1.69. The van der Waals surface area contributed by atoms with E-state index < -0.39 is 0 Å². The van der Waals surface area contributed by atoms with Gasteiger partial charge in [-0.05, 0) is 26.9 Å². The average Bonchev–Trinajstić information content (AvgIpc) is 2.77. The summed E-state index contributed by atoms with van der Waals surface area (Å²) in [5.74, 6) is -0.376. The fourth-order valence-corrected chi connectivity index (χ4v) is 2.18. The average molecular weight is 250 g/mol. The molecule has 6 heteroatoms. The molecule has 0 aliphatic carbocycles. The van der Waals surface area contributed by atoms with Crippen molar-refractivity contribution in [3.63, 3.8) is 0 Å². The number of carbonyl (C=O) groups is 1. The molecule has 1 atom stereocenters. The predicted molar refractivity (Wildman–Crippen MR) is 66.4 cm³/mol. The predicted octanol–water partition coefficient (Wildman–Crippen LogP) is 0.267. The molecule has 1 saturated heterocycles. The lowest BCUT2D eigenvalue weighted by molar-refractivity contribution is 0.0727. The third kappa shape index (κ3) is 2.28. The van der Waals surface area contributed by atoms with Crippen molar-refractivity contribution in [1.29, 1.82) is 0 Å². The van der Waals surface area contributed by atoms with Crippen LogP contribution in [0.25, 0.3) is 0 Å². The summed E-state index contributed by atoms with van der Waals surface area (Å²) in [5.41, 5.74) is 0.504. The zero-order valence-corrected chi connectivity index (χ0v) is 10.9. The summed E-state index contributed by atoms with van der Waals surface area (Å²) < 4.78 is 0. The molecule has 6 nitrogen and oxygen atoms in total. The first-order valence-corrected chi connectivity index (χ1v) is 5.97. The van der Waals surface area contributed by atoms with E-state index in [9.17, 15) is 9.90 Å². The Morgan fingerprint density at radius 2 is 2.28 bits per heavy atom. The minimum absolute atomic E-state index is 0.0829. The molecule has 2 rings (SSSR count). The summed E-state index contributed by atoms with van der Waals surface area (Å²) in [6.07, 6.45) is 2.25. The topological polar surface area (TPSA) is 69.6 Å². The molecule has 0 saturated carbocycles. The van der Waals surface area contributed by atoms with Crippen LogP contribution < -0.4 is 0 Å². The van der Waals surface area contributed by atoms with Crippen LogP contribution in [0.4, 0.5) is 0 Å². The van der Waals surface area contributed by atoms with Crippen LogP contribution in [0.1, 0.15) is 22.6 Å². The lowest BCUT2D eigenvalue weighted by Gasteiger charge is -2.24. The second kappa shape index (κ2) is 4.89. The third-order valence-electron chi connectivity index (χ3n) is 3.44. The Kier molecular flexibility index (Phi) is 3.47. The molecule has 0 bridgehead atoms. The van der Waals surface area contributed by atoms with Gasteiger partial charge in [0.05, 0.1) is 5.69 Å². The van der Waals surface area contributed by atoms with E-state index in [2.05, 4.69) is 14.9 Å². The van der Waals surface area contributed by atoms with Crippen molar-refractivity contribution in [3.05, 3.63) is 17.7 Å². The van der Waals surface area contributed by atoms with Crippen LogP contribution in [0.15, 0.2) is 6.33 Å². The summed E-state index contributed by atoms with van der Waals surface area (Å²) in [6, 6.07) is 0.178. The number of likely N-dealkylation sites (tertiary alicyclic amines) is 1. The van der Waals surface area contributed by atoms with E-state index in [1.165, 1.54) is 6.33 Å². The van der Waals surface area contributed by atoms with Gasteiger partial charge in [0.2, 0.25) is 0 Å². The van der Waals surface area contributed by atoms with Gasteiger partial charge >= 0.3 is 0 Å². The van der Waals surface area contributed by atoms with Gasteiger partial charge < -0.3 is 14.9 Å². The van der Waals surface area contributed by atoms with Gasteiger partial charge in [0.1, 0.15) is 6.33 Å². The number of rotatable bonds is 2. The smallest absolute Gasteiger partial charge is 0.276 e. The molecule has 1 unspecified atom stereocenters. The van der Waals surface area contributed by atoms with Crippen molar-refractivity contribution in [2.75, 3.05) is 27.2 Å². The summed E-state index contributed by atoms with van der Waals surface area (Å²) in [7, 11) is 3.79. The molecule has 0 radical (unpaired) electrons. The van der Waals surface area contributed by atoms with Crippen molar-refractivity contribution < 1.29 is 9.90 Å². The van der Waals surface area contributed by atoms with Crippen LogP contribution in [0.3, 0.4) is 0 Å². The molecule has 1 aliphatic rings. The first kappa shape index (κ1) is 12.8. The van der Waals surface area contributed by atoms with Crippen LogP contribution in [0.2, 0.25) is 0 Å². The Labute approximate surface area is 106 Å². The van der Waals surface area contributed by atoms with Crippen LogP contribution in [0, 0.1) is 6.92 Å². The summed E-state index contributed by atoms with van der Waals surface area (Å²) in [6.45, 7) is 3.49. The first-order chi connectivity index (χ1) is 8.50. The Morgan fingerprint density at radius 3 is 2.89 bits per heavy atom. The van der Waals surface area contributed by atoms with Gasteiger partial charge in [0, 0.05) is 19.6 Å². The third-order valence-corrected chi connectivity index (χ3v) is 3.44. The molecule has 1 amide bonds. The van der Waals surface area contributed by atoms with Crippen LogP contribution in [-0.4, -0.2) is 64.0 Å². The van der Waals surface area contributed by atoms with E-state index in [0.717, 1.165) is 19.5 Å². The lowest BCUT2D eigenvalue weighted by Crippen LogP contribution is -2.39. The van der Waals surface area contributed by atoms with Gasteiger partial charge in [-0.25, -0.2) is 9.97 Å². The molecule has 18 heavy (non-hydrogen) atoms. The van der Waals surface area contributed by atoms with E-state index in [4.69, 9.17) is 0 Å². The Balaban J connectivity index is 2.18. The first-order valence-electron chi connectivity index (χ1n) is 5.97. The monoisotopic (exact) mass is 250 g/mol. The molecule has 2 heterocycles. The number of hydrogen-bond donors (Lipinski definition) is 1. The van der Waals surface area contributed by atoms with Crippen molar-refractivity contribution in [1.82, 2.24) is 19.8 Å². The Morgan fingerprint density at radius 1 is 1.56 bits per heavy atom. The van der Waals surface area contributed by atoms with Gasteiger partial charge in [-0.3, -0.25) is 4.79 Å². The number of amides is 1. The molecule has 1 aromatic rings. The second-order valence-electron chi connectivity index (χ2n) is 4.78. The maximum atomic E-state index is 12.3. The fourth-order valence-electron chi connectivity index (χ4n) is 2.18. The molecule has 0 spiro atoms. The zero-order valence-electron chi connectivity index (χ0n) is 10.9. The number of likely N-dealkylation sites (N-methyl/N-ethyl adjacent to an activating group) is 2. The zero-order chi connectivity index (χ0) is 13.3. The molecule has 1 aliphatic heterocycles. The number of aromatic hydroxyl groups is 1. The number of hydrogen-bond acceptors (Lipinski definition) is 5. The van der Waals surface area contributed by atoms with E-state index in [0.29, 0.717) is 5.69 Å². The molecule has 1 N–H and O–H groups in total. The molecule has 1 aromatic heterocycles. The summed E-state index contributed by atoms with van der Waals surface area (Å²) in [4.78, 5) is 23.8. The van der Waals surface area contributed by atoms with E-state index >= 15 is 0 Å². The highest BCUT2D eigenvalue weighted by Crippen LogP contribution is 2.21. The molecule has 0 aromatic carbocycles. The molecule has 1 fully saturated rings. The van der Waals surface area contributed by atoms with E-state index in [-0.39, 0.29) is 23.4 Å². The van der Waals surface area contributed by atoms with Crippen LogP contribution in [-0.2, 0) is 0 Å². The van der Waals surface area contributed by atoms with Gasteiger partial charge in [-0.2, -0.15) is 0 Å². The highest BCUT2D eigenvalue weighted by atomic mass is 16.3. The lowest BCUT2D eigenvalue weighted by atomic mass is 10.2. The molecule has 98 valence electrons. The van der Waals surface area contributed by atoms with Crippen LogP contribution >= 0.6 is 0 Å². The van der Waals surface area contributed by atoms with Crippen molar-refractivity contribution in [2.24, 2.45) is 0 Å². The number of nitrogens with zero attached hydrogens (tertiary/aromatic N) is 4. The molecular formula is C12H18N4O2. The van der Waals surface area contributed by atoms with Crippen molar-refractivity contribution in [3.8, 4) is 5.75 Å². The largest absolute Gasteiger partial charge is 0.504 e. The highest BCUT2D eigenvalue weighted by Gasteiger charge is 2.29. The van der Waals surface area contributed by atoms with E-state index in [1.807, 2.05) is 7.05 Å². The van der Waals surface area contributed by atoms with Crippen LogP contribution in [0.5, 0.6) is 5.75 Å². The summed E-state index contributed by atoms with van der Waals surface area (Å²) in [5, 5.41) is 9.83. The van der Waals surface area contributed by atoms with Gasteiger partial charge in [-0.1, -0.05) is 0 Å². The standard InChI is InChI=1S/C12H18N4O2/c1-8-11(17)10(14-7-13-8)12(18)16(3)9-4-5-15(2)6-9/h7,9,17H,4-6H2,1-3H3. The maximum Gasteiger partial charge on any atom is 0.276 e. The Bertz CT molecular complexity index is 463. The minimum Gasteiger partial charge on any atom is -0.504 e. The minimum atomic E-state index is -0.252.